The summed E-state index contributed by atoms with van der Waals surface area (Å²) in [5.74, 6) is -0.0616. The quantitative estimate of drug-likeness (QED) is 0.488. The van der Waals surface area contributed by atoms with Crippen LogP contribution in [-0.4, -0.2) is 74.4 Å². The lowest BCUT2D eigenvalue weighted by Gasteiger charge is -2.35. The Kier molecular flexibility index (Phi) is 7.67. The molecule has 39 heavy (non-hydrogen) atoms. The Bertz CT molecular complexity index is 1360. The van der Waals surface area contributed by atoms with Gasteiger partial charge in [-0.05, 0) is 45.0 Å². The summed E-state index contributed by atoms with van der Waals surface area (Å²) in [6.45, 7) is 8.99. The number of phenols is 1. The number of aromatic hydroxyl groups is 1. The summed E-state index contributed by atoms with van der Waals surface area (Å²) in [7, 11) is 0. The summed E-state index contributed by atoms with van der Waals surface area (Å²) in [4.78, 5) is 36.0. The number of phenolic OH excluding ortho intramolecular Hbond substituents is 1. The predicted octanol–water partition coefficient (Wildman–Crippen LogP) is 4.89. The smallest absolute Gasteiger partial charge is 0.410 e. The second-order valence-electron chi connectivity index (χ2n) is 10.7. The lowest BCUT2D eigenvalue weighted by molar-refractivity contribution is 0.0139. The highest BCUT2D eigenvalue weighted by molar-refractivity contribution is 7.14. The van der Waals surface area contributed by atoms with E-state index in [2.05, 4.69) is 9.88 Å². The number of para-hydroxylation sites is 1. The van der Waals surface area contributed by atoms with Crippen LogP contribution in [0.25, 0.3) is 0 Å². The van der Waals surface area contributed by atoms with Gasteiger partial charge in [-0.3, -0.25) is 14.7 Å². The number of aromatic nitrogens is 1. The molecule has 5 rings (SSSR count). The van der Waals surface area contributed by atoms with E-state index >= 15 is 0 Å². The summed E-state index contributed by atoms with van der Waals surface area (Å²) in [5, 5.41) is 16.8. The average molecular weight is 548 g/mol. The maximum atomic E-state index is 13.7. The number of amides is 2. The highest BCUT2D eigenvalue weighted by Gasteiger charge is 2.36. The van der Waals surface area contributed by atoms with Gasteiger partial charge in [-0.25, -0.2) is 9.80 Å². The molecule has 2 aliphatic heterocycles. The van der Waals surface area contributed by atoms with Crippen molar-refractivity contribution in [1.29, 1.82) is 0 Å². The van der Waals surface area contributed by atoms with Crippen molar-refractivity contribution in [3.8, 4) is 5.75 Å². The van der Waals surface area contributed by atoms with E-state index in [1.807, 2.05) is 57.2 Å². The van der Waals surface area contributed by atoms with Crippen LogP contribution in [0, 0.1) is 0 Å². The van der Waals surface area contributed by atoms with Gasteiger partial charge in [0.15, 0.2) is 0 Å². The number of piperazine rings is 1. The van der Waals surface area contributed by atoms with Crippen molar-refractivity contribution in [1.82, 2.24) is 19.8 Å². The van der Waals surface area contributed by atoms with Gasteiger partial charge in [0.2, 0.25) is 0 Å². The topological polar surface area (TPSA) is 98.6 Å². The lowest BCUT2D eigenvalue weighted by Crippen LogP contribution is -2.49. The molecule has 10 heteroatoms. The number of rotatable bonds is 5. The number of carbonyl (C=O) groups excluding carboxylic acids is 2. The van der Waals surface area contributed by atoms with E-state index in [1.165, 1.54) is 16.3 Å². The molecule has 2 amide bonds. The van der Waals surface area contributed by atoms with Gasteiger partial charge in [0.25, 0.3) is 5.91 Å². The van der Waals surface area contributed by atoms with Crippen molar-refractivity contribution in [2.24, 2.45) is 5.10 Å². The van der Waals surface area contributed by atoms with Gasteiger partial charge in [-0.1, -0.05) is 24.3 Å². The van der Waals surface area contributed by atoms with Crippen LogP contribution >= 0.6 is 11.3 Å². The summed E-state index contributed by atoms with van der Waals surface area (Å²) < 4.78 is 5.49. The van der Waals surface area contributed by atoms with E-state index in [-0.39, 0.29) is 17.7 Å². The Morgan fingerprint density at radius 2 is 1.82 bits per heavy atom. The molecule has 2 aromatic heterocycles. The molecule has 1 fully saturated rings. The number of carbonyl (C=O) groups is 2. The van der Waals surface area contributed by atoms with E-state index in [1.54, 1.807) is 29.4 Å². The molecule has 1 aromatic carbocycles. The number of hydrogen-bond donors (Lipinski definition) is 1. The Labute approximate surface area is 232 Å². The van der Waals surface area contributed by atoms with Gasteiger partial charge in [-0.2, -0.15) is 5.10 Å². The predicted molar refractivity (Wildman–Crippen MR) is 150 cm³/mol. The van der Waals surface area contributed by atoms with Gasteiger partial charge < -0.3 is 14.7 Å². The second-order valence-corrected chi connectivity index (χ2v) is 11.9. The molecule has 0 saturated carbocycles. The maximum Gasteiger partial charge on any atom is 0.410 e. The molecule has 0 bridgehead atoms. The number of nitrogens with zero attached hydrogens (tertiary/aromatic N) is 5. The molecule has 0 spiro atoms. The van der Waals surface area contributed by atoms with Crippen LogP contribution in [-0.2, 0) is 11.3 Å². The molecule has 1 unspecified atom stereocenters. The van der Waals surface area contributed by atoms with E-state index in [0.29, 0.717) is 36.5 Å². The fraction of sp³-hybridized carbons (Fsp3) is 0.379. The third-order valence-electron chi connectivity index (χ3n) is 6.68. The zero-order chi connectivity index (χ0) is 27.6. The van der Waals surface area contributed by atoms with Gasteiger partial charge in [0.05, 0.1) is 16.6 Å². The van der Waals surface area contributed by atoms with Crippen molar-refractivity contribution < 1.29 is 19.4 Å². The van der Waals surface area contributed by atoms with E-state index in [9.17, 15) is 14.7 Å². The molecular weight excluding hydrogens is 514 g/mol. The van der Waals surface area contributed by atoms with Crippen molar-refractivity contribution in [2.75, 3.05) is 26.2 Å². The third-order valence-corrected chi connectivity index (χ3v) is 7.74. The Hall–Kier alpha value is -3.76. The van der Waals surface area contributed by atoms with Crippen LogP contribution in [0.1, 0.15) is 58.9 Å². The van der Waals surface area contributed by atoms with Crippen molar-refractivity contribution in [3.05, 3.63) is 81.8 Å². The molecule has 1 N–H and O–H groups in total. The SMILES string of the molecule is CC(C)(C)OC(=O)N1CCN(Cc2ccc(C(=O)N3N=C(c4cccnc4)CC3c3ccccc3O)s2)CC1. The molecule has 204 valence electrons. The first-order chi connectivity index (χ1) is 18.7. The second kappa shape index (κ2) is 11.2. The Morgan fingerprint density at radius 3 is 2.51 bits per heavy atom. The highest BCUT2D eigenvalue weighted by Crippen LogP contribution is 2.38. The summed E-state index contributed by atoms with van der Waals surface area (Å²) in [6, 6.07) is 14.3. The Balaban J connectivity index is 1.28. The first-order valence-electron chi connectivity index (χ1n) is 13.1. The first-order valence-corrected chi connectivity index (χ1v) is 13.9. The van der Waals surface area contributed by atoms with Crippen LogP contribution in [0.4, 0.5) is 4.79 Å². The van der Waals surface area contributed by atoms with Gasteiger partial charge in [0, 0.05) is 67.5 Å². The van der Waals surface area contributed by atoms with Gasteiger partial charge >= 0.3 is 6.09 Å². The van der Waals surface area contributed by atoms with Crippen molar-refractivity contribution in [2.45, 2.75) is 45.4 Å². The molecule has 0 radical (unpaired) electrons. The Morgan fingerprint density at radius 1 is 1.05 bits per heavy atom. The molecule has 3 aromatic rings. The molecule has 0 aliphatic carbocycles. The van der Waals surface area contributed by atoms with Gasteiger partial charge in [0.1, 0.15) is 11.4 Å². The first kappa shape index (κ1) is 26.8. The molecule has 4 heterocycles. The fourth-order valence-corrected chi connectivity index (χ4v) is 5.73. The molecule has 1 saturated heterocycles. The number of pyridine rings is 1. The lowest BCUT2D eigenvalue weighted by atomic mass is 9.98. The maximum absolute atomic E-state index is 13.7. The normalized spacial score (nSPS) is 18.2. The number of ether oxygens (including phenoxy) is 1. The molecule has 2 aliphatic rings. The van der Waals surface area contributed by atoms with E-state index in [4.69, 9.17) is 9.84 Å². The average Bonchev–Trinajstić information content (AvgIpc) is 3.56. The monoisotopic (exact) mass is 547 g/mol. The van der Waals surface area contributed by atoms with Crippen LogP contribution in [0.3, 0.4) is 0 Å². The number of benzene rings is 1. The highest BCUT2D eigenvalue weighted by atomic mass is 32.1. The van der Waals surface area contributed by atoms with Gasteiger partial charge in [-0.15, -0.1) is 11.3 Å². The van der Waals surface area contributed by atoms with E-state index in [0.717, 1.165) is 29.2 Å². The molecular formula is C29H33N5O4S. The largest absolute Gasteiger partial charge is 0.508 e. The minimum atomic E-state index is -0.509. The number of hydrogen-bond acceptors (Lipinski definition) is 8. The van der Waals surface area contributed by atoms with Crippen LogP contribution in [0.2, 0.25) is 0 Å². The summed E-state index contributed by atoms with van der Waals surface area (Å²) in [6.07, 6.45) is 3.64. The summed E-state index contributed by atoms with van der Waals surface area (Å²) in [5.41, 5.74) is 1.76. The van der Waals surface area contributed by atoms with E-state index < -0.39 is 11.6 Å². The molecule has 9 nitrogen and oxygen atoms in total. The minimum absolute atomic E-state index is 0.139. The van der Waals surface area contributed by atoms with Crippen molar-refractivity contribution in [3.63, 3.8) is 0 Å². The molecule has 1 atom stereocenters. The zero-order valence-corrected chi connectivity index (χ0v) is 23.2. The number of hydrazone groups is 1. The third kappa shape index (κ3) is 6.29. The number of thiophene rings is 1. The van der Waals surface area contributed by atoms with Crippen LogP contribution in [0.15, 0.2) is 66.0 Å². The fourth-order valence-electron chi connectivity index (χ4n) is 4.74. The minimum Gasteiger partial charge on any atom is -0.508 e. The van der Waals surface area contributed by atoms with Crippen LogP contribution in [0.5, 0.6) is 5.75 Å². The summed E-state index contributed by atoms with van der Waals surface area (Å²) >= 11 is 1.45. The van der Waals surface area contributed by atoms with Crippen LogP contribution < -0.4 is 0 Å². The standard InChI is InChI=1S/C29H33N5O4S/c1-29(2,3)38-28(37)33-15-13-32(14-16-33)19-21-10-11-26(39-21)27(36)34-24(22-8-4-5-9-25(22)35)17-23(31-34)20-7-6-12-30-18-20/h4-12,18,24,35H,13-17,19H2,1-3H3. The zero-order valence-electron chi connectivity index (χ0n) is 22.4. The van der Waals surface area contributed by atoms with Crippen molar-refractivity contribution >= 4 is 29.0 Å².